The molecule has 4 heteroatoms. The maximum absolute atomic E-state index is 9.95. The fraction of sp³-hybridized carbons (Fsp3) is 0.538. The Morgan fingerprint density at radius 3 is 2.76 bits per heavy atom. The number of phenols is 1. The van der Waals surface area contributed by atoms with E-state index < -0.39 is 0 Å². The van der Waals surface area contributed by atoms with Crippen molar-refractivity contribution in [1.29, 1.82) is 0 Å². The molecule has 0 spiro atoms. The van der Waals surface area contributed by atoms with Gasteiger partial charge in [-0.1, -0.05) is 22.9 Å². The van der Waals surface area contributed by atoms with E-state index in [1.54, 1.807) is 6.07 Å². The summed E-state index contributed by atoms with van der Waals surface area (Å²) in [6, 6.07) is 5.85. The first-order valence-corrected chi connectivity index (χ1v) is 6.72. The number of halogens is 1. The third-order valence-electron chi connectivity index (χ3n) is 2.98. The van der Waals surface area contributed by atoms with Gasteiger partial charge in [0.1, 0.15) is 5.75 Å². The van der Waals surface area contributed by atoms with Crippen LogP contribution < -0.4 is 5.32 Å². The highest BCUT2D eigenvalue weighted by Crippen LogP contribution is 2.32. The van der Waals surface area contributed by atoms with Gasteiger partial charge in [-0.2, -0.15) is 0 Å². The van der Waals surface area contributed by atoms with Crippen LogP contribution >= 0.6 is 15.9 Å². The molecule has 1 unspecified atom stereocenters. The second-order valence-electron chi connectivity index (χ2n) is 4.21. The minimum atomic E-state index is 0.251. The molecule has 0 aromatic heterocycles. The summed E-state index contributed by atoms with van der Waals surface area (Å²) in [5.41, 5.74) is 0.987. The Balaban J connectivity index is 2.88. The van der Waals surface area contributed by atoms with Crippen molar-refractivity contribution in [3.63, 3.8) is 0 Å². The van der Waals surface area contributed by atoms with Gasteiger partial charge in [0, 0.05) is 29.2 Å². The van der Waals surface area contributed by atoms with Gasteiger partial charge in [0.2, 0.25) is 0 Å². The first kappa shape index (κ1) is 14.5. The standard InChI is InChI=1S/C13H21BrN2O/c1-4-12(16(3)8-7-15-2)11-9-10(14)5-6-13(11)17/h5-6,9,12,15,17H,4,7-8H2,1-3H3. The van der Waals surface area contributed by atoms with Gasteiger partial charge in [0.05, 0.1) is 0 Å². The van der Waals surface area contributed by atoms with Crippen molar-refractivity contribution in [3.05, 3.63) is 28.2 Å². The Labute approximate surface area is 112 Å². The number of likely N-dealkylation sites (N-methyl/N-ethyl adjacent to an activating group) is 2. The summed E-state index contributed by atoms with van der Waals surface area (Å²) in [4.78, 5) is 2.26. The predicted octanol–water partition coefficient (Wildman–Crippen LogP) is 2.76. The Morgan fingerprint density at radius 1 is 1.47 bits per heavy atom. The van der Waals surface area contributed by atoms with Crippen molar-refractivity contribution < 1.29 is 5.11 Å². The molecule has 17 heavy (non-hydrogen) atoms. The maximum Gasteiger partial charge on any atom is 0.120 e. The van der Waals surface area contributed by atoms with Crippen molar-refractivity contribution >= 4 is 15.9 Å². The first-order chi connectivity index (χ1) is 8.10. The summed E-state index contributed by atoms with van der Waals surface area (Å²) in [6.45, 7) is 4.05. The fourth-order valence-electron chi connectivity index (χ4n) is 2.01. The van der Waals surface area contributed by atoms with E-state index in [1.165, 1.54) is 0 Å². The van der Waals surface area contributed by atoms with Crippen LogP contribution in [0, 0.1) is 0 Å². The Hall–Kier alpha value is -0.580. The molecule has 0 bridgehead atoms. The van der Waals surface area contributed by atoms with E-state index in [4.69, 9.17) is 0 Å². The summed E-state index contributed by atoms with van der Waals surface area (Å²) >= 11 is 3.45. The van der Waals surface area contributed by atoms with Crippen LogP contribution in [0.1, 0.15) is 24.9 Å². The summed E-state index contributed by atoms with van der Waals surface area (Å²) in [6.07, 6.45) is 0.976. The van der Waals surface area contributed by atoms with Gasteiger partial charge in [-0.25, -0.2) is 0 Å². The molecule has 0 aliphatic heterocycles. The maximum atomic E-state index is 9.95. The SMILES string of the molecule is CCC(c1cc(Br)ccc1O)N(C)CCNC. The van der Waals surface area contributed by atoms with E-state index in [1.807, 2.05) is 19.2 Å². The largest absolute Gasteiger partial charge is 0.508 e. The number of nitrogens with one attached hydrogen (secondary N) is 1. The third-order valence-corrected chi connectivity index (χ3v) is 3.48. The lowest BCUT2D eigenvalue weighted by atomic mass is 10.0. The Morgan fingerprint density at radius 2 is 2.18 bits per heavy atom. The summed E-state index contributed by atoms with van der Waals surface area (Å²) in [5, 5.41) is 13.1. The second-order valence-corrected chi connectivity index (χ2v) is 5.13. The van der Waals surface area contributed by atoms with Gasteiger partial charge >= 0.3 is 0 Å². The van der Waals surface area contributed by atoms with E-state index in [2.05, 4.69) is 40.1 Å². The number of rotatable bonds is 6. The average molecular weight is 301 g/mol. The predicted molar refractivity (Wildman–Crippen MR) is 75.4 cm³/mol. The molecule has 0 fully saturated rings. The lowest BCUT2D eigenvalue weighted by Crippen LogP contribution is -2.30. The smallest absolute Gasteiger partial charge is 0.120 e. The lowest BCUT2D eigenvalue weighted by Gasteiger charge is -2.28. The molecule has 1 aromatic rings. The molecule has 0 aliphatic carbocycles. The van der Waals surface area contributed by atoms with Crippen molar-refractivity contribution in [2.24, 2.45) is 0 Å². The van der Waals surface area contributed by atoms with E-state index in [0.717, 1.165) is 29.5 Å². The molecular formula is C13H21BrN2O. The number of nitrogens with zero attached hydrogens (tertiary/aromatic N) is 1. The van der Waals surface area contributed by atoms with Gasteiger partial charge in [0.15, 0.2) is 0 Å². The van der Waals surface area contributed by atoms with Gasteiger partial charge in [-0.05, 0) is 38.7 Å². The van der Waals surface area contributed by atoms with E-state index in [9.17, 15) is 5.11 Å². The number of aromatic hydroxyl groups is 1. The zero-order chi connectivity index (χ0) is 12.8. The van der Waals surface area contributed by atoms with E-state index in [0.29, 0.717) is 5.75 Å². The summed E-state index contributed by atoms with van der Waals surface area (Å²) < 4.78 is 1.01. The molecule has 1 rings (SSSR count). The van der Waals surface area contributed by atoms with Crippen LogP contribution in [0.5, 0.6) is 5.75 Å². The molecule has 1 aromatic carbocycles. The quantitative estimate of drug-likeness (QED) is 0.848. The highest BCUT2D eigenvalue weighted by molar-refractivity contribution is 9.10. The number of hydrogen-bond acceptors (Lipinski definition) is 3. The number of benzene rings is 1. The van der Waals surface area contributed by atoms with E-state index >= 15 is 0 Å². The molecule has 0 saturated carbocycles. The van der Waals surface area contributed by atoms with Crippen molar-refractivity contribution in [3.8, 4) is 5.75 Å². The minimum Gasteiger partial charge on any atom is -0.508 e. The van der Waals surface area contributed by atoms with Crippen LogP contribution in [0.15, 0.2) is 22.7 Å². The molecular weight excluding hydrogens is 280 g/mol. The van der Waals surface area contributed by atoms with Gasteiger partial charge < -0.3 is 10.4 Å². The van der Waals surface area contributed by atoms with Gasteiger partial charge in [0.25, 0.3) is 0 Å². The van der Waals surface area contributed by atoms with Gasteiger partial charge in [-0.15, -0.1) is 0 Å². The molecule has 0 aliphatic rings. The fourth-order valence-corrected chi connectivity index (χ4v) is 2.38. The number of hydrogen-bond donors (Lipinski definition) is 2. The third kappa shape index (κ3) is 3.98. The highest BCUT2D eigenvalue weighted by atomic mass is 79.9. The van der Waals surface area contributed by atoms with Crippen LogP contribution in [-0.4, -0.2) is 37.2 Å². The molecule has 3 nitrogen and oxygen atoms in total. The van der Waals surface area contributed by atoms with Crippen LogP contribution in [-0.2, 0) is 0 Å². The molecule has 2 N–H and O–H groups in total. The molecule has 0 amide bonds. The van der Waals surface area contributed by atoms with Crippen LogP contribution in [0.25, 0.3) is 0 Å². The topological polar surface area (TPSA) is 35.5 Å². The number of phenolic OH excluding ortho intramolecular Hbond substituents is 1. The normalized spacial score (nSPS) is 13.0. The Kier molecular flexibility index (Phi) is 5.95. The second kappa shape index (κ2) is 6.99. The molecule has 96 valence electrons. The summed E-state index contributed by atoms with van der Waals surface area (Å²) in [7, 11) is 4.04. The minimum absolute atomic E-state index is 0.251. The first-order valence-electron chi connectivity index (χ1n) is 5.93. The van der Waals surface area contributed by atoms with Crippen LogP contribution in [0.3, 0.4) is 0 Å². The molecule has 0 saturated heterocycles. The average Bonchev–Trinajstić information content (AvgIpc) is 2.32. The van der Waals surface area contributed by atoms with Crippen molar-refractivity contribution in [2.45, 2.75) is 19.4 Å². The molecule has 0 heterocycles. The molecule has 1 atom stereocenters. The lowest BCUT2D eigenvalue weighted by molar-refractivity contribution is 0.236. The summed E-state index contributed by atoms with van der Waals surface area (Å²) in [5.74, 6) is 0.372. The van der Waals surface area contributed by atoms with Crippen molar-refractivity contribution in [2.75, 3.05) is 27.2 Å². The zero-order valence-corrected chi connectivity index (χ0v) is 12.3. The van der Waals surface area contributed by atoms with Gasteiger partial charge in [-0.3, -0.25) is 4.90 Å². The van der Waals surface area contributed by atoms with E-state index in [-0.39, 0.29) is 6.04 Å². The van der Waals surface area contributed by atoms with Crippen LogP contribution in [0.2, 0.25) is 0 Å². The highest BCUT2D eigenvalue weighted by Gasteiger charge is 2.18. The van der Waals surface area contributed by atoms with Crippen LogP contribution in [0.4, 0.5) is 0 Å². The Bertz CT molecular complexity index is 357. The monoisotopic (exact) mass is 300 g/mol. The molecule has 0 radical (unpaired) electrons. The zero-order valence-electron chi connectivity index (χ0n) is 10.7. The van der Waals surface area contributed by atoms with Crippen molar-refractivity contribution in [1.82, 2.24) is 10.2 Å².